The predicted molar refractivity (Wildman–Crippen MR) is 59.5 cm³/mol. The van der Waals surface area contributed by atoms with Gasteiger partial charge in [0.1, 0.15) is 0 Å². The number of ketones is 1. The van der Waals surface area contributed by atoms with Crippen molar-refractivity contribution in [3.63, 3.8) is 0 Å². The van der Waals surface area contributed by atoms with Gasteiger partial charge >= 0.3 is 0 Å². The van der Waals surface area contributed by atoms with E-state index in [1.54, 1.807) is 10.7 Å². The van der Waals surface area contributed by atoms with E-state index in [-0.39, 0.29) is 5.78 Å². The fraction of sp³-hybridized carbons (Fsp3) is 0.455. The van der Waals surface area contributed by atoms with Crippen molar-refractivity contribution >= 4 is 11.6 Å². The Morgan fingerprint density at radius 3 is 2.88 bits per heavy atom. The van der Waals surface area contributed by atoms with Crippen LogP contribution in [0.1, 0.15) is 42.1 Å². The summed E-state index contributed by atoms with van der Waals surface area (Å²) >= 11 is 0. The van der Waals surface area contributed by atoms with Gasteiger partial charge in [0.25, 0.3) is 5.78 Å². The maximum absolute atomic E-state index is 11.3. The van der Waals surface area contributed by atoms with Gasteiger partial charge in [0.2, 0.25) is 0 Å². The van der Waals surface area contributed by atoms with Gasteiger partial charge in [-0.2, -0.15) is 4.98 Å². The molecule has 0 fully saturated rings. The monoisotopic (exact) mass is 218 g/mol. The molecule has 0 bridgehead atoms. The summed E-state index contributed by atoms with van der Waals surface area (Å²) in [5, 5.41) is 4.34. The summed E-state index contributed by atoms with van der Waals surface area (Å²) in [7, 11) is 0. The van der Waals surface area contributed by atoms with E-state index < -0.39 is 0 Å². The number of hydrogen-bond donors (Lipinski definition) is 0. The molecule has 0 atom stereocenters. The van der Waals surface area contributed by atoms with Crippen molar-refractivity contribution < 1.29 is 4.79 Å². The molecule has 0 N–H and O–H groups in total. The lowest BCUT2D eigenvalue weighted by Gasteiger charge is -2.01. The minimum atomic E-state index is -0.000517. The third-order valence-corrected chi connectivity index (χ3v) is 2.50. The zero-order chi connectivity index (χ0) is 11.7. The summed E-state index contributed by atoms with van der Waals surface area (Å²) in [6.07, 6.45) is 3.39. The van der Waals surface area contributed by atoms with Crippen molar-refractivity contribution in [3.8, 4) is 0 Å². The van der Waals surface area contributed by atoms with Crippen molar-refractivity contribution in [2.45, 2.75) is 33.6 Å². The van der Waals surface area contributed by atoms with Crippen LogP contribution in [0.3, 0.4) is 0 Å². The molecule has 0 saturated carbocycles. The van der Waals surface area contributed by atoms with Crippen molar-refractivity contribution in [1.29, 1.82) is 0 Å². The molecule has 0 spiro atoms. The zero-order valence-electron chi connectivity index (χ0n) is 9.69. The van der Waals surface area contributed by atoms with Crippen LogP contribution in [0.15, 0.2) is 6.20 Å². The molecule has 5 heteroatoms. The molecule has 0 aliphatic rings. The quantitative estimate of drug-likeness (QED) is 0.734. The average molecular weight is 218 g/mol. The number of hydrogen-bond acceptors (Lipinski definition) is 4. The van der Waals surface area contributed by atoms with Gasteiger partial charge in [0.05, 0.1) is 11.3 Å². The number of fused-ring (bicyclic) bond motifs is 1. The molecular formula is C11H14N4O. The Hall–Kier alpha value is -1.78. The van der Waals surface area contributed by atoms with E-state index in [2.05, 4.69) is 22.0 Å². The minimum Gasteiger partial charge on any atom is -0.294 e. The third-order valence-electron chi connectivity index (χ3n) is 2.50. The summed E-state index contributed by atoms with van der Waals surface area (Å²) in [5.41, 5.74) is 1.40. The Morgan fingerprint density at radius 1 is 1.50 bits per heavy atom. The first kappa shape index (κ1) is 10.7. The highest BCUT2D eigenvalue weighted by Crippen LogP contribution is 2.09. The van der Waals surface area contributed by atoms with E-state index in [1.165, 1.54) is 6.92 Å². The molecule has 2 heterocycles. The van der Waals surface area contributed by atoms with Crippen LogP contribution in [-0.4, -0.2) is 25.4 Å². The summed E-state index contributed by atoms with van der Waals surface area (Å²) < 4.78 is 1.64. The predicted octanol–water partition coefficient (Wildman–Crippen LogP) is 1.59. The first-order valence-corrected chi connectivity index (χ1v) is 5.35. The van der Waals surface area contributed by atoms with Crippen LogP contribution in [0.25, 0.3) is 5.78 Å². The first-order valence-electron chi connectivity index (χ1n) is 5.35. The highest BCUT2D eigenvalue weighted by Gasteiger charge is 2.11. The molecular weight excluding hydrogens is 204 g/mol. The molecule has 0 unspecified atom stereocenters. The lowest BCUT2D eigenvalue weighted by molar-refractivity contribution is 0.101. The van der Waals surface area contributed by atoms with E-state index in [9.17, 15) is 4.79 Å². The number of nitrogens with zero attached hydrogens (tertiary/aromatic N) is 4. The van der Waals surface area contributed by atoms with Crippen LogP contribution in [0.2, 0.25) is 0 Å². The van der Waals surface area contributed by atoms with Crippen LogP contribution in [0.5, 0.6) is 0 Å². The van der Waals surface area contributed by atoms with Crippen molar-refractivity contribution in [1.82, 2.24) is 19.6 Å². The van der Waals surface area contributed by atoms with Gasteiger partial charge in [-0.1, -0.05) is 6.92 Å². The van der Waals surface area contributed by atoms with Gasteiger partial charge in [-0.15, -0.1) is 5.10 Å². The van der Waals surface area contributed by atoms with Crippen LogP contribution in [0.4, 0.5) is 0 Å². The second-order valence-electron chi connectivity index (χ2n) is 3.80. The van der Waals surface area contributed by atoms with E-state index in [4.69, 9.17) is 0 Å². The van der Waals surface area contributed by atoms with Crippen LogP contribution >= 0.6 is 0 Å². The fourth-order valence-electron chi connectivity index (χ4n) is 1.66. The van der Waals surface area contributed by atoms with Gasteiger partial charge < -0.3 is 0 Å². The molecule has 16 heavy (non-hydrogen) atoms. The number of carbonyl (C=O) groups is 1. The van der Waals surface area contributed by atoms with Gasteiger partial charge in [-0.25, -0.2) is 9.50 Å². The highest BCUT2D eigenvalue weighted by molar-refractivity contribution is 5.94. The fourth-order valence-corrected chi connectivity index (χ4v) is 1.66. The number of rotatable bonds is 3. The summed E-state index contributed by atoms with van der Waals surface area (Å²) in [6, 6.07) is 0. The minimum absolute atomic E-state index is 0.000517. The van der Waals surface area contributed by atoms with Crippen molar-refractivity contribution in [2.75, 3.05) is 0 Å². The Morgan fingerprint density at radius 2 is 2.25 bits per heavy atom. The molecule has 0 aliphatic carbocycles. The number of aryl methyl sites for hydroxylation is 2. The largest absolute Gasteiger partial charge is 0.294 e. The second-order valence-corrected chi connectivity index (χ2v) is 3.80. The Balaban J connectivity index is 2.60. The van der Waals surface area contributed by atoms with Gasteiger partial charge in [-0.3, -0.25) is 4.79 Å². The van der Waals surface area contributed by atoms with E-state index in [1.807, 2.05) is 6.92 Å². The second kappa shape index (κ2) is 4.00. The molecule has 0 radical (unpaired) electrons. The first-order chi connectivity index (χ1) is 7.63. The third kappa shape index (κ3) is 1.68. The number of carbonyl (C=O) groups excluding carboxylic acids is 1. The lowest BCUT2D eigenvalue weighted by Crippen LogP contribution is -2.05. The summed E-state index contributed by atoms with van der Waals surface area (Å²) in [6.45, 7) is 5.46. The zero-order valence-corrected chi connectivity index (χ0v) is 9.69. The van der Waals surface area contributed by atoms with Crippen molar-refractivity contribution in [2.24, 2.45) is 0 Å². The van der Waals surface area contributed by atoms with Crippen molar-refractivity contribution in [3.05, 3.63) is 23.3 Å². The molecule has 2 aromatic heterocycles. The molecule has 2 aromatic rings. The Labute approximate surface area is 93.5 Å². The van der Waals surface area contributed by atoms with E-state index in [0.29, 0.717) is 11.3 Å². The van der Waals surface area contributed by atoms with Gasteiger partial charge in [0.15, 0.2) is 11.6 Å². The molecule has 0 saturated heterocycles. The molecule has 2 rings (SSSR count). The molecule has 0 amide bonds. The maximum atomic E-state index is 11.3. The Bertz CT molecular complexity index is 544. The number of Topliss-reactive ketones (excluding diaryl/α,β-unsaturated/α-hetero) is 1. The van der Waals surface area contributed by atoms with Crippen LogP contribution in [-0.2, 0) is 6.42 Å². The maximum Gasteiger partial charge on any atom is 0.252 e. The summed E-state index contributed by atoms with van der Waals surface area (Å²) in [4.78, 5) is 19.8. The number of aromatic nitrogens is 4. The Kier molecular flexibility index (Phi) is 2.68. The van der Waals surface area contributed by atoms with Gasteiger partial charge in [-0.05, 0) is 20.3 Å². The standard InChI is InChI=1S/C11H14N4O/c1-4-5-10-13-11-12-6-9(8(3)16)7(2)15(11)14-10/h6H,4-5H2,1-3H3. The molecule has 84 valence electrons. The SMILES string of the molecule is CCCc1nc2ncc(C(C)=O)c(C)n2n1. The topological polar surface area (TPSA) is 60.2 Å². The van der Waals surface area contributed by atoms with E-state index >= 15 is 0 Å². The summed E-state index contributed by atoms with van der Waals surface area (Å²) in [5.74, 6) is 1.34. The van der Waals surface area contributed by atoms with Crippen LogP contribution in [0, 0.1) is 6.92 Å². The van der Waals surface area contributed by atoms with Gasteiger partial charge in [0, 0.05) is 12.6 Å². The smallest absolute Gasteiger partial charge is 0.252 e. The van der Waals surface area contributed by atoms with Crippen LogP contribution < -0.4 is 0 Å². The molecule has 5 nitrogen and oxygen atoms in total. The molecule has 0 aromatic carbocycles. The normalized spacial score (nSPS) is 10.9. The lowest BCUT2D eigenvalue weighted by atomic mass is 10.2. The molecule has 0 aliphatic heterocycles. The van der Waals surface area contributed by atoms with E-state index in [0.717, 1.165) is 24.4 Å². The highest BCUT2D eigenvalue weighted by atomic mass is 16.1. The average Bonchev–Trinajstić information content (AvgIpc) is 2.62.